The lowest BCUT2D eigenvalue weighted by Crippen LogP contribution is -2.48. The van der Waals surface area contributed by atoms with Crippen LogP contribution in [0.2, 0.25) is 0 Å². The normalized spacial score (nSPS) is 14.1. The zero-order chi connectivity index (χ0) is 17.6. The third-order valence-corrected chi connectivity index (χ3v) is 4.12. The molecule has 2 heterocycles. The Morgan fingerprint density at radius 1 is 1.20 bits per heavy atom. The van der Waals surface area contributed by atoms with Crippen molar-refractivity contribution in [3.8, 4) is 5.75 Å². The second kappa shape index (κ2) is 7.65. The Kier molecular flexibility index (Phi) is 5.13. The van der Waals surface area contributed by atoms with Gasteiger partial charge >= 0.3 is 0 Å². The van der Waals surface area contributed by atoms with Gasteiger partial charge in [-0.25, -0.2) is 0 Å². The van der Waals surface area contributed by atoms with Crippen molar-refractivity contribution < 1.29 is 14.3 Å². The zero-order valence-corrected chi connectivity index (χ0v) is 14.0. The maximum Gasteiger partial charge on any atom is 0.255 e. The predicted octanol–water partition coefficient (Wildman–Crippen LogP) is 1.75. The van der Waals surface area contributed by atoms with Gasteiger partial charge in [-0.05, 0) is 18.2 Å². The lowest BCUT2D eigenvalue weighted by molar-refractivity contribution is -0.119. The second-order valence-electron chi connectivity index (χ2n) is 5.72. The molecule has 1 fully saturated rings. The van der Waals surface area contributed by atoms with Gasteiger partial charge in [-0.2, -0.15) is 0 Å². The smallest absolute Gasteiger partial charge is 0.255 e. The zero-order valence-electron chi connectivity index (χ0n) is 14.0. The molecule has 1 N–H and O–H groups in total. The molecule has 0 atom stereocenters. The highest BCUT2D eigenvalue weighted by Crippen LogP contribution is 2.27. The van der Waals surface area contributed by atoms with Crippen molar-refractivity contribution in [1.82, 2.24) is 14.8 Å². The molecule has 0 bridgehead atoms. The number of benzene rings is 1. The van der Waals surface area contributed by atoms with Crippen molar-refractivity contribution >= 4 is 23.7 Å². The molecule has 7 nitrogen and oxygen atoms in total. The number of ether oxygens (including phenoxy) is 1. The minimum Gasteiger partial charge on any atom is -0.495 e. The fourth-order valence-electron chi connectivity index (χ4n) is 2.74. The number of piperazine rings is 1. The van der Waals surface area contributed by atoms with Crippen LogP contribution in [0.25, 0.3) is 0 Å². The molecule has 1 saturated heterocycles. The van der Waals surface area contributed by atoms with Gasteiger partial charge in [0, 0.05) is 32.4 Å². The lowest BCUT2D eigenvalue weighted by atomic mass is 10.2. The van der Waals surface area contributed by atoms with Crippen LogP contribution in [0.1, 0.15) is 10.4 Å². The Morgan fingerprint density at radius 2 is 1.96 bits per heavy atom. The number of hydrogen-bond acceptors (Lipinski definition) is 5. The second-order valence-corrected chi connectivity index (χ2v) is 5.72. The first-order valence-corrected chi connectivity index (χ1v) is 8.05. The van der Waals surface area contributed by atoms with Gasteiger partial charge in [-0.3, -0.25) is 14.6 Å². The van der Waals surface area contributed by atoms with Crippen LogP contribution in [-0.2, 0) is 4.79 Å². The molecule has 1 aliphatic rings. The van der Waals surface area contributed by atoms with Crippen molar-refractivity contribution in [3.05, 3.63) is 48.3 Å². The molecular weight excluding hydrogens is 320 g/mol. The molecule has 130 valence electrons. The van der Waals surface area contributed by atoms with E-state index in [9.17, 15) is 9.59 Å². The summed E-state index contributed by atoms with van der Waals surface area (Å²) in [6, 6.07) is 9.32. The number of nitrogens with one attached hydrogen (secondary N) is 1. The Labute approximate surface area is 146 Å². The van der Waals surface area contributed by atoms with Crippen LogP contribution in [0, 0.1) is 0 Å². The quantitative estimate of drug-likeness (QED) is 0.840. The first-order chi connectivity index (χ1) is 12.2. The summed E-state index contributed by atoms with van der Waals surface area (Å²) in [5.41, 5.74) is 2.03. The van der Waals surface area contributed by atoms with Crippen LogP contribution in [0.5, 0.6) is 5.75 Å². The van der Waals surface area contributed by atoms with Gasteiger partial charge < -0.3 is 19.9 Å². The number of para-hydroxylation sites is 2. The number of anilines is 2. The van der Waals surface area contributed by atoms with Gasteiger partial charge in [0.05, 0.1) is 30.2 Å². The third kappa shape index (κ3) is 3.88. The van der Waals surface area contributed by atoms with Crippen molar-refractivity contribution in [3.63, 3.8) is 0 Å². The van der Waals surface area contributed by atoms with E-state index in [1.165, 1.54) is 0 Å². The summed E-state index contributed by atoms with van der Waals surface area (Å²) in [5, 5.41) is 3.23. The van der Waals surface area contributed by atoms with E-state index in [-0.39, 0.29) is 5.91 Å². The van der Waals surface area contributed by atoms with Crippen LogP contribution >= 0.6 is 0 Å². The number of carbonyl (C=O) groups excluding carboxylic acids is 2. The van der Waals surface area contributed by atoms with Gasteiger partial charge in [-0.15, -0.1) is 0 Å². The molecule has 0 unspecified atom stereocenters. The Hall–Kier alpha value is -3.09. The number of amides is 2. The summed E-state index contributed by atoms with van der Waals surface area (Å²) in [6.45, 7) is 2.17. The molecule has 0 radical (unpaired) electrons. The molecule has 0 spiro atoms. The van der Waals surface area contributed by atoms with Crippen LogP contribution < -0.4 is 10.1 Å². The van der Waals surface area contributed by atoms with Crippen LogP contribution in [0.3, 0.4) is 0 Å². The third-order valence-electron chi connectivity index (χ3n) is 4.12. The summed E-state index contributed by atoms with van der Waals surface area (Å²) in [7, 11) is 1.61. The van der Waals surface area contributed by atoms with Crippen molar-refractivity contribution in [2.24, 2.45) is 0 Å². The molecule has 0 saturated carbocycles. The van der Waals surface area contributed by atoms with Crippen LogP contribution in [-0.4, -0.2) is 60.4 Å². The lowest BCUT2D eigenvalue weighted by Gasteiger charge is -2.32. The number of methoxy groups -OCH3 is 1. The van der Waals surface area contributed by atoms with E-state index in [0.29, 0.717) is 43.2 Å². The molecule has 3 rings (SSSR count). The molecule has 2 amide bonds. The van der Waals surface area contributed by atoms with E-state index in [1.54, 1.807) is 35.4 Å². The van der Waals surface area contributed by atoms with Crippen LogP contribution in [0.15, 0.2) is 42.7 Å². The van der Waals surface area contributed by atoms with E-state index in [4.69, 9.17) is 4.74 Å². The minimum absolute atomic E-state index is 0.0817. The Balaban J connectivity index is 1.73. The fourth-order valence-corrected chi connectivity index (χ4v) is 2.74. The van der Waals surface area contributed by atoms with E-state index in [1.807, 2.05) is 24.3 Å². The maximum atomic E-state index is 12.6. The number of rotatable bonds is 5. The topological polar surface area (TPSA) is 74.8 Å². The molecular formula is C18H20N4O3. The van der Waals surface area contributed by atoms with Crippen molar-refractivity contribution in [2.45, 2.75) is 0 Å². The number of pyridine rings is 1. The van der Waals surface area contributed by atoms with E-state index >= 15 is 0 Å². The average molecular weight is 340 g/mol. The number of aromatic nitrogens is 1. The van der Waals surface area contributed by atoms with Crippen molar-refractivity contribution in [2.75, 3.05) is 38.6 Å². The number of nitrogens with zero attached hydrogens (tertiary/aromatic N) is 3. The monoisotopic (exact) mass is 340 g/mol. The molecule has 1 aromatic heterocycles. The summed E-state index contributed by atoms with van der Waals surface area (Å²) in [6.07, 6.45) is 4.04. The van der Waals surface area contributed by atoms with Gasteiger partial charge in [0.25, 0.3) is 5.91 Å². The largest absolute Gasteiger partial charge is 0.495 e. The van der Waals surface area contributed by atoms with Crippen molar-refractivity contribution in [1.29, 1.82) is 0 Å². The first-order valence-electron chi connectivity index (χ1n) is 8.05. The van der Waals surface area contributed by atoms with Gasteiger partial charge in [0.1, 0.15) is 5.75 Å². The standard InChI is InChI=1S/C18H20N4O3/c1-25-17-5-3-2-4-16(17)20-15-10-14(11-19-12-15)18(24)22-8-6-21(13-23)7-9-22/h2-5,10-13,20H,6-9H2,1H3. The molecule has 1 aromatic carbocycles. The molecule has 25 heavy (non-hydrogen) atoms. The molecule has 1 aliphatic heterocycles. The predicted molar refractivity (Wildman–Crippen MR) is 94.1 cm³/mol. The first kappa shape index (κ1) is 16.8. The van der Waals surface area contributed by atoms with Gasteiger partial charge in [-0.1, -0.05) is 12.1 Å². The van der Waals surface area contributed by atoms with E-state index in [0.717, 1.165) is 12.1 Å². The number of carbonyl (C=O) groups is 2. The summed E-state index contributed by atoms with van der Waals surface area (Å²) < 4.78 is 5.32. The summed E-state index contributed by atoms with van der Waals surface area (Å²) in [4.78, 5) is 31.0. The minimum atomic E-state index is -0.0817. The highest BCUT2D eigenvalue weighted by Gasteiger charge is 2.21. The molecule has 7 heteroatoms. The Bertz CT molecular complexity index is 757. The van der Waals surface area contributed by atoms with Gasteiger partial charge in [0.2, 0.25) is 6.41 Å². The summed E-state index contributed by atoms with van der Waals surface area (Å²) in [5.74, 6) is 0.631. The molecule has 0 aliphatic carbocycles. The number of hydrogen-bond donors (Lipinski definition) is 1. The van der Waals surface area contributed by atoms with Crippen LogP contribution in [0.4, 0.5) is 11.4 Å². The molecule has 2 aromatic rings. The Morgan fingerprint density at radius 3 is 2.68 bits per heavy atom. The highest BCUT2D eigenvalue weighted by atomic mass is 16.5. The summed E-state index contributed by atoms with van der Waals surface area (Å²) >= 11 is 0. The highest BCUT2D eigenvalue weighted by molar-refractivity contribution is 5.95. The van der Waals surface area contributed by atoms with E-state index in [2.05, 4.69) is 10.3 Å². The van der Waals surface area contributed by atoms with E-state index < -0.39 is 0 Å². The average Bonchev–Trinajstić information content (AvgIpc) is 2.68. The maximum absolute atomic E-state index is 12.6. The SMILES string of the molecule is COc1ccccc1Nc1cncc(C(=O)N2CCN(C=O)CC2)c1. The fraction of sp³-hybridized carbons (Fsp3) is 0.278. The van der Waals surface area contributed by atoms with Gasteiger partial charge in [0.15, 0.2) is 0 Å².